The molecule has 0 aliphatic rings. The van der Waals surface area contributed by atoms with Crippen molar-refractivity contribution in [3.8, 4) is 0 Å². The lowest BCUT2D eigenvalue weighted by Crippen LogP contribution is -2.07. The second kappa shape index (κ2) is 6.20. The molecule has 19 heavy (non-hydrogen) atoms. The maximum atomic E-state index is 13.2. The summed E-state index contributed by atoms with van der Waals surface area (Å²) in [7, 11) is 0. The van der Waals surface area contributed by atoms with Gasteiger partial charge in [-0.3, -0.25) is 0 Å². The normalized spacial score (nSPS) is 12.2. The van der Waals surface area contributed by atoms with Crippen LogP contribution < -0.4 is 5.32 Å². The van der Waals surface area contributed by atoms with Gasteiger partial charge in [0, 0.05) is 11.7 Å². The third kappa shape index (κ3) is 3.57. The summed E-state index contributed by atoms with van der Waals surface area (Å²) in [5.74, 6) is -0.232. The summed E-state index contributed by atoms with van der Waals surface area (Å²) in [6, 6.07) is 13.6. The highest BCUT2D eigenvalue weighted by Gasteiger charge is 2.08. The van der Waals surface area contributed by atoms with Crippen LogP contribution in [0, 0.1) is 5.82 Å². The fourth-order valence-corrected chi connectivity index (χ4v) is 2.39. The first-order chi connectivity index (χ1) is 9.10. The van der Waals surface area contributed by atoms with Crippen molar-refractivity contribution in [2.75, 3.05) is 5.32 Å². The number of halogens is 2. The Kier molecular flexibility index (Phi) is 4.59. The Morgan fingerprint density at radius 2 is 2.00 bits per heavy atom. The zero-order valence-corrected chi connectivity index (χ0v) is 12.7. The van der Waals surface area contributed by atoms with Gasteiger partial charge in [0.2, 0.25) is 0 Å². The van der Waals surface area contributed by atoms with Crippen LogP contribution in [0.3, 0.4) is 0 Å². The van der Waals surface area contributed by atoms with Gasteiger partial charge in [-0.15, -0.1) is 0 Å². The van der Waals surface area contributed by atoms with E-state index in [1.165, 1.54) is 11.6 Å². The monoisotopic (exact) mass is 321 g/mol. The van der Waals surface area contributed by atoms with Gasteiger partial charge in [-0.1, -0.05) is 25.1 Å². The van der Waals surface area contributed by atoms with Crippen molar-refractivity contribution in [2.45, 2.75) is 26.3 Å². The summed E-state index contributed by atoms with van der Waals surface area (Å²) >= 11 is 3.22. The molecule has 0 aromatic heterocycles. The van der Waals surface area contributed by atoms with Crippen LogP contribution in [0.5, 0.6) is 0 Å². The molecule has 100 valence electrons. The zero-order valence-electron chi connectivity index (χ0n) is 11.1. The van der Waals surface area contributed by atoms with Crippen LogP contribution in [0.15, 0.2) is 46.9 Å². The molecule has 1 nitrogen and oxygen atoms in total. The molecule has 2 aromatic rings. The average molecular weight is 322 g/mol. The molecule has 1 unspecified atom stereocenters. The van der Waals surface area contributed by atoms with Crippen molar-refractivity contribution in [1.29, 1.82) is 0 Å². The average Bonchev–Trinajstić information content (AvgIpc) is 2.42. The molecule has 1 N–H and O–H groups in total. The summed E-state index contributed by atoms with van der Waals surface area (Å²) in [5.41, 5.74) is 3.44. The van der Waals surface area contributed by atoms with Crippen LogP contribution in [-0.4, -0.2) is 0 Å². The summed E-state index contributed by atoms with van der Waals surface area (Å²) in [6.45, 7) is 4.21. The molecular weight excluding hydrogens is 305 g/mol. The number of hydrogen-bond acceptors (Lipinski definition) is 1. The van der Waals surface area contributed by atoms with E-state index in [-0.39, 0.29) is 11.9 Å². The summed E-state index contributed by atoms with van der Waals surface area (Å²) < 4.78 is 13.7. The zero-order chi connectivity index (χ0) is 13.8. The summed E-state index contributed by atoms with van der Waals surface area (Å²) in [4.78, 5) is 0. The van der Waals surface area contributed by atoms with Gasteiger partial charge in [0.25, 0.3) is 0 Å². The first-order valence-electron chi connectivity index (χ1n) is 6.40. The van der Waals surface area contributed by atoms with Gasteiger partial charge in [-0.05, 0) is 64.7 Å². The smallest absolute Gasteiger partial charge is 0.137 e. The van der Waals surface area contributed by atoms with Crippen LogP contribution in [0.1, 0.15) is 31.0 Å². The van der Waals surface area contributed by atoms with E-state index < -0.39 is 0 Å². The predicted octanol–water partition coefficient (Wildman–Crippen LogP) is 5.32. The maximum Gasteiger partial charge on any atom is 0.137 e. The van der Waals surface area contributed by atoms with Gasteiger partial charge in [0.05, 0.1) is 4.47 Å². The molecule has 0 spiro atoms. The second-order valence-corrected chi connectivity index (χ2v) is 5.45. The molecule has 2 aromatic carbocycles. The molecule has 0 fully saturated rings. The Morgan fingerprint density at radius 1 is 1.21 bits per heavy atom. The Hall–Kier alpha value is -1.35. The standard InChI is InChI=1S/C16H17BrFN/c1-3-12-5-4-6-14(9-12)19-11(2)13-7-8-16(18)15(17)10-13/h4-11,19H,3H2,1-2H3. The third-order valence-corrected chi connectivity index (χ3v) is 3.77. The van der Waals surface area contributed by atoms with Gasteiger partial charge < -0.3 is 5.32 Å². The molecule has 0 radical (unpaired) electrons. The van der Waals surface area contributed by atoms with E-state index in [4.69, 9.17) is 0 Å². The lowest BCUT2D eigenvalue weighted by atomic mass is 10.1. The van der Waals surface area contributed by atoms with E-state index in [1.54, 1.807) is 6.07 Å². The lowest BCUT2D eigenvalue weighted by molar-refractivity contribution is 0.619. The fourth-order valence-electron chi connectivity index (χ4n) is 2.00. The number of rotatable bonds is 4. The van der Waals surface area contributed by atoms with E-state index in [0.717, 1.165) is 17.7 Å². The molecule has 2 rings (SSSR count). The van der Waals surface area contributed by atoms with E-state index in [9.17, 15) is 4.39 Å². The molecule has 0 aliphatic heterocycles. The predicted molar refractivity (Wildman–Crippen MR) is 82.0 cm³/mol. The molecule has 3 heteroatoms. The molecular formula is C16H17BrFN. The first kappa shape index (κ1) is 14.1. The van der Waals surface area contributed by atoms with Gasteiger partial charge in [0.1, 0.15) is 5.82 Å². The van der Waals surface area contributed by atoms with Crippen molar-refractivity contribution in [2.24, 2.45) is 0 Å². The minimum atomic E-state index is -0.232. The van der Waals surface area contributed by atoms with Crippen LogP contribution in [0.25, 0.3) is 0 Å². The van der Waals surface area contributed by atoms with Crippen LogP contribution in [0.2, 0.25) is 0 Å². The highest BCUT2D eigenvalue weighted by Crippen LogP contribution is 2.24. The first-order valence-corrected chi connectivity index (χ1v) is 7.20. The molecule has 0 aliphatic carbocycles. The highest BCUT2D eigenvalue weighted by molar-refractivity contribution is 9.10. The molecule has 0 heterocycles. The van der Waals surface area contributed by atoms with E-state index >= 15 is 0 Å². The summed E-state index contributed by atoms with van der Waals surface area (Å²) in [5, 5.41) is 3.44. The number of hydrogen-bond donors (Lipinski definition) is 1. The van der Waals surface area contributed by atoms with Gasteiger partial charge in [0.15, 0.2) is 0 Å². The molecule has 0 amide bonds. The quantitative estimate of drug-likeness (QED) is 0.803. The molecule has 0 saturated heterocycles. The summed E-state index contributed by atoms with van der Waals surface area (Å²) in [6.07, 6.45) is 1.02. The molecule has 0 bridgehead atoms. The Balaban J connectivity index is 2.15. The van der Waals surface area contributed by atoms with Gasteiger partial charge >= 0.3 is 0 Å². The third-order valence-electron chi connectivity index (χ3n) is 3.16. The van der Waals surface area contributed by atoms with Gasteiger partial charge in [-0.2, -0.15) is 0 Å². The van der Waals surface area contributed by atoms with Crippen LogP contribution >= 0.6 is 15.9 Å². The maximum absolute atomic E-state index is 13.2. The topological polar surface area (TPSA) is 12.0 Å². The second-order valence-electron chi connectivity index (χ2n) is 4.59. The van der Waals surface area contributed by atoms with Crippen molar-refractivity contribution < 1.29 is 4.39 Å². The largest absolute Gasteiger partial charge is 0.379 e. The van der Waals surface area contributed by atoms with E-state index in [2.05, 4.69) is 53.3 Å². The Bertz CT molecular complexity index is 568. The number of nitrogens with one attached hydrogen (secondary N) is 1. The Morgan fingerprint density at radius 3 is 2.68 bits per heavy atom. The van der Waals surface area contributed by atoms with E-state index in [1.807, 2.05) is 12.1 Å². The van der Waals surface area contributed by atoms with Crippen molar-refractivity contribution in [3.63, 3.8) is 0 Å². The van der Waals surface area contributed by atoms with Crippen molar-refractivity contribution >= 4 is 21.6 Å². The van der Waals surface area contributed by atoms with Crippen molar-refractivity contribution in [1.82, 2.24) is 0 Å². The number of benzene rings is 2. The minimum absolute atomic E-state index is 0.129. The number of aryl methyl sites for hydroxylation is 1. The highest BCUT2D eigenvalue weighted by atomic mass is 79.9. The minimum Gasteiger partial charge on any atom is -0.379 e. The fraction of sp³-hybridized carbons (Fsp3) is 0.250. The van der Waals surface area contributed by atoms with Crippen LogP contribution in [-0.2, 0) is 6.42 Å². The van der Waals surface area contributed by atoms with E-state index in [0.29, 0.717) is 4.47 Å². The Labute approximate surface area is 122 Å². The lowest BCUT2D eigenvalue weighted by Gasteiger charge is -2.16. The van der Waals surface area contributed by atoms with Gasteiger partial charge in [-0.25, -0.2) is 4.39 Å². The molecule has 1 atom stereocenters. The SMILES string of the molecule is CCc1cccc(NC(C)c2ccc(F)c(Br)c2)c1. The van der Waals surface area contributed by atoms with Crippen molar-refractivity contribution in [3.05, 3.63) is 63.9 Å². The molecule has 0 saturated carbocycles. The van der Waals surface area contributed by atoms with Crippen LogP contribution in [0.4, 0.5) is 10.1 Å². The number of anilines is 1.